The number of nitrogens with one attached hydrogen (secondary N) is 2. The van der Waals surface area contributed by atoms with E-state index in [1.54, 1.807) is 13.2 Å². The third-order valence-corrected chi connectivity index (χ3v) is 1.45. The highest BCUT2D eigenvalue weighted by Crippen LogP contribution is 1.77. The number of ether oxygens (including phenoxy) is 1. The Morgan fingerprint density at radius 2 is 2.31 bits per heavy atom. The van der Waals surface area contributed by atoms with Crippen LogP contribution in [0.1, 0.15) is 6.42 Å². The maximum absolute atomic E-state index is 11.0. The highest BCUT2D eigenvalue weighted by Gasteiger charge is 1.97. The van der Waals surface area contributed by atoms with Gasteiger partial charge in [0.1, 0.15) is 0 Å². The van der Waals surface area contributed by atoms with Crippen LogP contribution in [0.3, 0.4) is 0 Å². The van der Waals surface area contributed by atoms with Crippen LogP contribution >= 0.6 is 0 Å². The summed E-state index contributed by atoms with van der Waals surface area (Å²) in [4.78, 5) is 11.0. The van der Waals surface area contributed by atoms with Crippen LogP contribution in [0.2, 0.25) is 0 Å². The van der Waals surface area contributed by atoms with Crippen LogP contribution in [-0.2, 0) is 9.53 Å². The van der Waals surface area contributed by atoms with Gasteiger partial charge in [0.15, 0.2) is 0 Å². The van der Waals surface area contributed by atoms with E-state index in [4.69, 9.17) is 4.74 Å². The summed E-state index contributed by atoms with van der Waals surface area (Å²) in [6.07, 6.45) is 2.26. The minimum Gasteiger partial charge on any atom is -0.383 e. The molecule has 0 spiro atoms. The van der Waals surface area contributed by atoms with Crippen LogP contribution in [-0.4, -0.2) is 39.3 Å². The van der Waals surface area contributed by atoms with Gasteiger partial charge in [-0.1, -0.05) is 6.08 Å². The third-order valence-electron chi connectivity index (χ3n) is 1.45. The summed E-state index contributed by atoms with van der Waals surface area (Å²) in [5, 5.41) is 5.78. The first-order valence-electron chi connectivity index (χ1n) is 4.38. The number of hydrogen-bond acceptors (Lipinski definition) is 3. The molecule has 0 saturated carbocycles. The Kier molecular flexibility index (Phi) is 8.60. The molecule has 4 nitrogen and oxygen atoms in total. The number of methoxy groups -OCH3 is 1. The molecule has 0 fully saturated rings. The summed E-state index contributed by atoms with van der Waals surface area (Å²) in [7, 11) is 1.61. The Labute approximate surface area is 79.3 Å². The molecule has 0 aliphatic heterocycles. The van der Waals surface area contributed by atoms with E-state index < -0.39 is 0 Å². The number of hydrogen-bond donors (Lipinski definition) is 2. The van der Waals surface area contributed by atoms with E-state index in [9.17, 15) is 4.79 Å². The highest BCUT2D eigenvalue weighted by molar-refractivity contribution is 5.75. The van der Waals surface area contributed by atoms with Gasteiger partial charge in [-0.2, -0.15) is 0 Å². The van der Waals surface area contributed by atoms with Crippen molar-refractivity contribution in [3.8, 4) is 0 Å². The van der Waals surface area contributed by atoms with Crippen molar-refractivity contribution >= 4 is 5.91 Å². The fourth-order valence-corrected chi connectivity index (χ4v) is 0.787. The van der Waals surface area contributed by atoms with Gasteiger partial charge in [-0.05, 0) is 0 Å². The van der Waals surface area contributed by atoms with Gasteiger partial charge in [0, 0.05) is 33.2 Å². The largest absolute Gasteiger partial charge is 0.383 e. The molecular weight excluding hydrogens is 168 g/mol. The lowest BCUT2D eigenvalue weighted by atomic mass is 10.4. The predicted molar refractivity (Wildman–Crippen MR) is 52.6 cm³/mol. The van der Waals surface area contributed by atoms with Gasteiger partial charge in [-0.25, -0.2) is 0 Å². The van der Waals surface area contributed by atoms with Crippen molar-refractivity contribution in [2.24, 2.45) is 0 Å². The Bertz CT molecular complexity index is 149. The predicted octanol–water partition coefficient (Wildman–Crippen LogP) is -0.0853. The molecule has 0 aromatic carbocycles. The van der Waals surface area contributed by atoms with Gasteiger partial charge in [0.25, 0.3) is 0 Å². The highest BCUT2D eigenvalue weighted by atomic mass is 16.5. The van der Waals surface area contributed by atoms with E-state index in [2.05, 4.69) is 17.2 Å². The van der Waals surface area contributed by atoms with Gasteiger partial charge in [0.2, 0.25) is 5.91 Å². The Hall–Kier alpha value is -0.870. The second kappa shape index (κ2) is 9.22. The second-order valence-corrected chi connectivity index (χ2v) is 2.59. The summed E-state index contributed by atoms with van der Waals surface area (Å²) in [5.41, 5.74) is 0. The molecule has 13 heavy (non-hydrogen) atoms. The maximum atomic E-state index is 11.0. The van der Waals surface area contributed by atoms with Gasteiger partial charge >= 0.3 is 0 Å². The minimum atomic E-state index is 0.0496. The van der Waals surface area contributed by atoms with Crippen LogP contribution in [0.25, 0.3) is 0 Å². The molecular formula is C9H18N2O2. The lowest BCUT2D eigenvalue weighted by molar-refractivity contribution is -0.121. The summed E-state index contributed by atoms with van der Waals surface area (Å²) in [5.74, 6) is 0.0496. The number of amides is 1. The second-order valence-electron chi connectivity index (χ2n) is 2.59. The molecule has 0 aromatic heterocycles. The van der Waals surface area contributed by atoms with E-state index in [0.717, 1.165) is 6.54 Å². The molecule has 0 radical (unpaired) electrons. The molecule has 0 aromatic rings. The van der Waals surface area contributed by atoms with Gasteiger partial charge in [-0.3, -0.25) is 4.79 Å². The molecule has 0 atom stereocenters. The first-order valence-corrected chi connectivity index (χ1v) is 4.38. The van der Waals surface area contributed by atoms with Crippen molar-refractivity contribution in [2.45, 2.75) is 6.42 Å². The molecule has 0 aliphatic carbocycles. The monoisotopic (exact) mass is 186 g/mol. The van der Waals surface area contributed by atoms with Crippen LogP contribution in [0, 0.1) is 0 Å². The molecule has 76 valence electrons. The van der Waals surface area contributed by atoms with E-state index in [1.807, 2.05) is 0 Å². The molecule has 0 unspecified atom stereocenters. The summed E-state index contributed by atoms with van der Waals surface area (Å²) in [6, 6.07) is 0. The van der Waals surface area contributed by atoms with Gasteiger partial charge in [-0.15, -0.1) is 6.58 Å². The average Bonchev–Trinajstić information content (AvgIpc) is 2.13. The molecule has 0 heterocycles. The third kappa shape index (κ3) is 9.04. The molecule has 0 rings (SSSR count). The number of rotatable bonds is 8. The molecule has 1 amide bonds. The number of carbonyl (C=O) groups excluding carboxylic acids is 1. The first kappa shape index (κ1) is 12.1. The van der Waals surface area contributed by atoms with Crippen LogP contribution in [0.15, 0.2) is 12.7 Å². The average molecular weight is 186 g/mol. The van der Waals surface area contributed by atoms with E-state index in [0.29, 0.717) is 26.1 Å². The van der Waals surface area contributed by atoms with E-state index in [-0.39, 0.29) is 5.91 Å². The fourth-order valence-electron chi connectivity index (χ4n) is 0.787. The smallest absolute Gasteiger partial charge is 0.221 e. The SMILES string of the molecule is C=CCNCCC(=O)NCCOC. The zero-order valence-corrected chi connectivity index (χ0v) is 8.14. The van der Waals surface area contributed by atoms with Crippen molar-refractivity contribution in [3.63, 3.8) is 0 Å². The molecule has 0 aliphatic rings. The summed E-state index contributed by atoms with van der Waals surface area (Å²) < 4.78 is 4.79. The molecule has 0 bridgehead atoms. The standard InChI is InChI=1S/C9H18N2O2/c1-3-5-10-6-4-9(12)11-7-8-13-2/h3,10H,1,4-8H2,2H3,(H,11,12). The van der Waals surface area contributed by atoms with Crippen molar-refractivity contribution in [1.82, 2.24) is 10.6 Å². The zero-order chi connectivity index (χ0) is 9.94. The van der Waals surface area contributed by atoms with Gasteiger partial charge in [0.05, 0.1) is 6.61 Å². The van der Waals surface area contributed by atoms with Crippen molar-refractivity contribution in [3.05, 3.63) is 12.7 Å². The quantitative estimate of drug-likeness (QED) is 0.411. The van der Waals surface area contributed by atoms with E-state index >= 15 is 0 Å². The van der Waals surface area contributed by atoms with Crippen molar-refractivity contribution in [2.75, 3.05) is 33.4 Å². The summed E-state index contributed by atoms with van der Waals surface area (Å²) in [6.45, 7) is 6.13. The Morgan fingerprint density at radius 3 is 2.92 bits per heavy atom. The van der Waals surface area contributed by atoms with Crippen LogP contribution in [0.4, 0.5) is 0 Å². The topological polar surface area (TPSA) is 50.4 Å². The van der Waals surface area contributed by atoms with Crippen molar-refractivity contribution < 1.29 is 9.53 Å². The fraction of sp³-hybridized carbons (Fsp3) is 0.667. The van der Waals surface area contributed by atoms with E-state index in [1.165, 1.54) is 0 Å². The zero-order valence-electron chi connectivity index (χ0n) is 8.14. The lowest BCUT2D eigenvalue weighted by Crippen LogP contribution is -2.30. The van der Waals surface area contributed by atoms with Crippen molar-refractivity contribution in [1.29, 1.82) is 0 Å². The number of carbonyl (C=O) groups is 1. The first-order chi connectivity index (χ1) is 6.31. The lowest BCUT2D eigenvalue weighted by Gasteiger charge is -2.04. The van der Waals surface area contributed by atoms with Crippen LogP contribution < -0.4 is 10.6 Å². The maximum Gasteiger partial charge on any atom is 0.221 e. The normalized spacial score (nSPS) is 9.62. The molecule has 0 saturated heterocycles. The molecule has 2 N–H and O–H groups in total. The van der Waals surface area contributed by atoms with Crippen LogP contribution in [0.5, 0.6) is 0 Å². The molecule has 4 heteroatoms. The Balaban J connectivity index is 3.15. The minimum absolute atomic E-state index is 0.0496. The summed E-state index contributed by atoms with van der Waals surface area (Å²) >= 11 is 0. The Morgan fingerprint density at radius 1 is 1.54 bits per heavy atom. The van der Waals surface area contributed by atoms with Gasteiger partial charge < -0.3 is 15.4 Å².